The maximum absolute atomic E-state index is 12.2. The minimum atomic E-state index is -0.285. The molecule has 0 aliphatic carbocycles. The first-order valence-electron chi connectivity index (χ1n) is 6.10. The number of hydrogen-bond donors (Lipinski definition) is 2. The van der Waals surface area contributed by atoms with Crippen LogP contribution in [0.5, 0.6) is 0 Å². The van der Waals surface area contributed by atoms with Crippen molar-refractivity contribution in [1.82, 2.24) is 9.97 Å². The molecule has 0 aliphatic rings. The summed E-state index contributed by atoms with van der Waals surface area (Å²) in [7, 11) is 0. The van der Waals surface area contributed by atoms with Crippen LogP contribution in [0.25, 0.3) is 10.9 Å². The third-order valence-electron chi connectivity index (χ3n) is 2.99. The Hall–Kier alpha value is -2.95. The van der Waals surface area contributed by atoms with Gasteiger partial charge in [-0.25, -0.2) is 0 Å². The largest absolute Gasteiger partial charge is 0.398 e. The maximum atomic E-state index is 12.2. The number of nitrogens with one attached hydrogen (secondary N) is 1. The fraction of sp³-hybridized carbons (Fsp3) is 0. The van der Waals surface area contributed by atoms with E-state index in [2.05, 4.69) is 15.3 Å². The minimum absolute atomic E-state index is 0.285. The number of nitrogen functional groups attached to an aromatic ring is 1. The Bertz CT molecular complexity index is 780. The van der Waals surface area contributed by atoms with Gasteiger partial charge in [0.15, 0.2) is 0 Å². The van der Waals surface area contributed by atoms with Crippen molar-refractivity contribution in [3.05, 3.63) is 60.6 Å². The zero-order valence-corrected chi connectivity index (χ0v) is 10.6. The van der Waals surface area contributed by atoms with Gasteiger partial charge in [-0.3, -0.25) is 14.8 Å². The summed E-state index contributed by atoms with van der Waals surface area (Å²) in [5.74, 6) is -0.285. The van der Waals surface area contributed by atoms with Crippen LogP contribution in [0.3, 0.4) is 0 Å². The number of aromatic nitrogens is 2. The smallest absolute Gasteiger partial charge is 0.259 e. The lowest BCUT2D eigenvalue weighted by atomic mass is 10.1. The Morgan fingerprint density at radius 2 is 2.00 bits per heavy atom. The number of amides is 1. The number of benzene rings is 1. The Morgan fingerprint density at radius 3 is 2.85 bits per heavy atom. The molecule has 5 heteroatoms. The van der Waals surface area contributed by atoms with Gasteiger partial charge in [0.05, 0.1) is 16.8 Å². The molecule has 0 saturated heterocycles. The van der Waals surface area contributed by atoms with Gasteiger partial charge in [0, 0.05) is 29.7 Å². The summed E-state index contributed by atoms with van der Waals surface area (Å²) in [4.78, 5) is 20.4. The van der Waals surface area contributed by atoms with E-state index in [9.17, 15) is 4.79 Å². The van der Waals surface area contributed by atoms with Crippen molar-refractivity contribution in [1.29, 1.82) is 0 Å². The van der Waals surface area contributed by atoms with Crippen molar-refractivity contribution in [2.75, 3.05) is 11.1 Å². The molecule has 0 radical (unpaired) electrons. The summed E-state index contributed by atoms with van der Waals surface area (Å²) < 4.78 is 0. The van der Waals surface area contributed by atoms with E-state index in [0.717, 1.165) is 10.9 Å². The molecule has 0 fully saturated rings. The topological polar surface area (TPSA) is 80.9 Å². The van der Waals surface area contributed by atoms with Crippen LogP contribution in [-0.2, 0) is 0 Å². The molecule has 2 heterocycles. The van der Waals surface area contributed by atoms with Gasteiger partial charge in [0.25, 0.3) is 5.91 Å². The van der Waals surface area contributed by atoms with Crippen LogP contribution in [0.15, 0.2) is 55.0 Å². The highest BCUT2D eigenvalue weighted by Gasteiger charge is 2.11. The molecule has 3 aromatic rings. The molecule has 1 amide bonds. The van der Waals surface area contributed by atoms with Crippen LogP contribution >= 0.6 is 0 Å². The SMILES string of the molecule is Nc1ccncc1C(=O)Nc1cccc2ncccc12. The molecule has 0 spiro atoms. The highest BCUT2D eigenvalue weighted by atomic mass is 16.1. The first-order valence-corrected chi connectivity index (χ1v) is 6.10. The van der Waals surface area contributed by atoms with Gasteiger partial charge in [-0.1, -0.05) is 6.07 Å². The molecule has 20 heavy (non-hydrogen) atoms. The van der Waals surface area contributed by atoms with Crippen LogP contribution in [0.1, 0.15) is 10.4 Å². The van der Waals surface area contributed by atoms with E-state index in [0.29, 0.717) is 16.9 Å². The number of hydrogen-bond acceptors (Lipinski definition) is 4. The highest BCUT2D eigenvalue weighted by molar-refractivity contribution is 6.10. The number of rotatable bonds is 2. The van der Waals surface area contributed by atoms with Crippen LogP contribution in [0, 0.1) is 0 Å². The lowest BCUT2D eigenvalue weighted by Gasteiger charge is -2.09. The molecule has 0 aliphatic heterocycles. The molecule has 5 nitrogen and oxygen atoms in total. The molecule has 98 valence electrons. The van der Waals surface area contributed by atoms with E-state index in [1.807, 2.05) is 30.3 Å². The summed E-state index contributed by atoms with van der Waals surface area (Å²) in [6, 6.07) is 10.9. The third-order valence-corrected chi connectivity index (χ3v) is 2.99. The van der Waals surface area contributed by atoms with E-state index >= 15 is 0 Å². The summed E-state index contributed by atoms with van der Waals surface area (Å²) >= 11 is 0. The van der Waals surface area contributed by atoms with Crippen LogP contribution < -0.4 is 11.1 Å². The average Bonchev–Trinajstić information content (AvgIpc) is 2.48. The number of nitrogens with two attached hydrogens (primary N) is 1. The molecule has 0 atom stereocenters. The molecule has 0 bridgehead atoms. The fourth-order valence-electron chi connectivity index (χ4n) is 2.00. The zero-order chi connectivity index (χ0) is 13.9. The minimum Gasteiger partial charge on any atom is -0.398 e. The van der Waals surface area contributed by atoms with Crippen molar-refractivity contribution < 1.29 is 4.79 Å². The van der Waals surface area contributed by atoms with Gasteiger partial charge in [-0.05, 0) is 30.3 Å². The first-order chi connectivity index (χ1) is 9.75. The summed E-state index contributed by atoms with van der Waals surface area (Å²) in [5, 5.41) is 3.72. The lowest BCUT2D eigenvalue weighted by molar-refractivity contribution is 0.102. The summed E-state index contributed by atoms with van der Waals surface area (Å²) in [6.45, 7) is 0. The number of anilines is 2. The number of carbonyl (C=O) groups is 1. The number of nitrogens with zero attached hydrogens (tertiary/aromatic N) is 2. The standard InChI is InChI=1S/C15H12N4O/c16-12-6-8-17-9-11(12)15(20)19-14-5-1-4-13-10(14)3-2-7-18-13/h1-9H,(H2,16,17)(H,19,20). The van der Waals surface area contributed by atoms with Crippen LogP contribution in [0.4, 0.5) is 11.4 Å². The molecule has 0 unspecified atom stereocenters. The lowest BCUT2D eigenvalue weighted by Crippen LogP contribution is -2.14. The fourth-order valence-corrected chi connectivity index (χ4v) is 2.00. The molecular weight excluding hydrogens is 252 g/mol. The molecule has 2 aromatic heterocycles. The molecule has 1 aromatic carbocycles. The second kappa shape index (κ2) is 4.97. The number of carbonyl (C=O) groups excluding carboxylic acids is 1. The highest BCUT2D eigenvalue weighted by Crippen LogP contribution is 2.22. The van der Waals surface area contributed by atoms with Gasteiger partial charge < -0.3 is 11.1 Å². The van der Waals surface area contributed by atoms with Crippen molar-refractivity contribution in [2.24, 2.45) is 0 Å². The number of fused-ring (bicyclic) bond motifs is 1. The Labute approximate surface area is 115 Å². The van der Waals surface area contributed by atoms with E-state index in [1.54, 1.807) is 18.5 Å². The predicted octanol–water partition coefficient (Wildman–Crippen LogP) is 2.46. The average molecular weight is 264 g/mol. The van der Waals surface area contributed by atoms with Crippen molar-refractivity contribution in [3.63, 3.8) is 0 Å². The maximum Gasteiger partial charge on any atom is 0.259 e. The molecule has 0 saturated carbocycles. The Balaban J connectivity index is 1.98. The van der Waals surface area contributed by atoms with Crippen LogP contribution in [0.2, 0.25) is 0 Å². The normalized spacial score (nSPS) is 10.4. The zero-order valence-electron chi connectivity index (χ0n) is 10.6. The van der Waals surface area contributed by atoms with E-state index in [4.69, 9.17) is 5.73 Å². The van der Waals surface area contributed by atoms with Crippen molar-refractivity contribution in [3.8, 4) is 0 Å². The monoisotopic (exact) mass is 264 g/mol. The second-order valence-corrected chi connectivity index (χ2v) is 4.29. The van der Waals surface area contributed by atoms with Gasteiger partial charge in [-0.2, -0.15) is 0 Å². The number of pyridine rings is 2. The van der Waals surface area contributed by atoms with Gasteiger partial charge in [0.1, 0.15) is 0 Å². The van der Waals surface area contributed by atoms with Crippen LogP contribution in [-0.4, -0.2) is 15.9 Å². The Kier molecular flexibility index (Phi) is 3.01. The molecule has 3 N–H and O–H groups in total. The van der Waals surface area contributed by atoms with Crippen molar-refractivity contribution in [2.45, 2.75) is 0 Å². The molecule has 3 rings (SSSR count). The van der Waals surface area contributed by atoms with E-state index in [1.165, 1.54) is 6.20 Å². The quantitative estimate of drug-likeness (QED) is 0.745. The predicted molar refractivity (Wildman–Crippen MR) is 78.3 cm³/mol. The van der Waals surface area contributed by atoms with Crippen molar-refractivity contribution >= 4 is 28.2 Å². The summed E-state index contributed by atoms with van der Waals surface area (Å²) in [5.41, 5.74) is 8.05. The Morgan fingerprint density at radius 1 is 1.10 bits per heavy atom. The third kappa shape index (κ3) is 2.16. The molecular formula is C15H12N4O. The van der Waals surface area contributed by atoms with E-state index < -0.39 is 0 Å². The second-order valence-electron chi connectivity index (χ2n) is 4.29. The van der Waals surface area contributed by atoms with Gasteiger partial charge >= 0.3 is 0 Å². The van der Waals surface area contributed by atoms with Gasteiger partial charge in [0.2, 0.25) is 0 Å². The first kappa shape index (κ1) is 12.1. The summed E-state index contributed by atoms with van der Waals surface area (Å²) in [6.07, 6.45) is 4.72. The van der Waals surface area contributed by atoms with E-state index in [-0.39, 0.29) is 5.91 Å². The van der Waals surface area contributed by atoms with Gasteiger partial charge in [-0.15, -0.1) is 0 Å².